The zero-order valence-corrected chi connectivity index (χ0v) is 9.51. The Morgan fingerprint density at radius 1 is 1.31 bits per heavy atom. The van der Waals surface area contributed by atoms with Crippen LogP contribution in [0.25, 0.3) is 0 Å². The fourth-order valence-corrected chi connectivity index (χ4v) is 1.91. The molecular formula is C11H24N2. The number of hydrogen-bond donors (Lipinski definition) is 1. The number of hydrogen-bond acceptors (Lipinski definition) is 2. The summed E-state index contributed by atoms with van der Waals surface area (Å²) < 4.78 is 0. The Balaban J connectivity index is 2.34. The Morgan fingerprint density at radius 2 is 1.92 bits per heavy atom. The lowest BCUT2D eigenvalue weighted by atomic mass is 10.2. The van der Waals surface area contributed by atoms with Crippen molar-refractivity contribution in [3.63, 3.8) is 0 Å². The summed E-state index contributed by atoms with van der Waals surface area (Å²) in [5, 5.41) is 3.25. The van der Waals surface area contributed by atoms with Crippen molar-refractivity contribution in [3.05, 3.63) is 0 Å². The summed E-state index contributed by atoms with van der Waals surface area (Å²) in [5.74, 6) is 1.00. The molecule has 78 valence electrons. The van der Waals surface area contributed by atoms with Crippen LogP contribution < -0.4 is 5.32 Å². The highest BCUT2D eigenvalue weighted by molar-refractivity contribution is 4.81. The number of rotatable bonds is 6. The third-order valence-electron chi connectivity index (χ3n) is 2.89. The Hall–Kier alpha value is -0.0800. The summed E-state index contributed by atoms with van der Waals surface area (Å²) in [5.41, 5.74) is 0. The fraction of sp³-hybridized carbons (Fsp3) is 1.00. The Morgan fingerprint density at radius 3 is 2.31 bits per heavy atom. The highest BCUT2D eigenvalue weighted by Gasteiger charge is 2.27. The van der Waals surface area contributed by atoms with Gasteiger partial charge in [-0.1, -0.05) is 0 Å². The van der Waals surface area contributed by atoms with Gasteiger partial charge >= 0.3 is 0 Å². The van der Waals surface area contributed by atoms with Crippen molar-refractivity contribution in [2.75, 3.05) is 20.1 Å². The van der Waals surface area contributed by atoms with Crippen molar-refractivity contribution in [1.82, 2.24) is 10.2 Å². The summed E-state index contributed by atoms with van der Waals surface area (Å²) >= 11 is 0. The van der Waals surface area contributed by atoms with Crippen molar-refractivity contribution >= 4 is 0 Å². The van der Waals surface area contributed by atoms with E-state index in [0.717, 1.165) is 12.5 Å². The van der Waals surface area contributed by atoms with Crippen LogP contribution in [0.5, 0.6) is 0 Å². The Bertz CT molecular complexity index is 141. The zero-order valence-electron chi connectivity index (χ0n) is 9.51. The molecule has 0 amide bonds. The molecule has 1 N–H and O–H groups in total. The van der Waals surface area contributed by atoms with E-state index in [9.17, 15) is 0 Å². The first-order valence-corrected chi connectivity index (χ1v) is 5.55. The summed E-state index contributed by atoms with van der Waals surface area (Å²) in [4.78, 5) is 2.62. The molecule has 0 radical (unpaired) electrons. The van der Waals surface area contributed by atoms with Crippen LogP contribution in [-0.4, -0.2) is 37.1 Å². The molecule has 1 unspecified atom stereocenters. The molecule has 0 aromatic heterocycles. The summed E-state index contributed by atoms with van der Waals surface area (Å²) in [6, 6.07) is 1.36. The highest BCUT2D eigenvalue weighted by atomic mass is 15.2. The molecule has 0 aromatic rings. The van der Waals surface area contributed by atoms with Gasteiger partial charge in [0, 0.05) is 25.2 Å². The lowest BCUT2D eigenvalue weighted by Crippen LogP contribution is -2.44. The number of nitrogens with one attached hydrogen (secondary N) is 1. The van der Waals surface area contributed by atoms with Crippen molar-refractivity contribution in [3.8, 4) is 0 Å². The second kappa shape index (κ2) is 4.97. The molecule has 1 fully saturated rings. The van der Waals surface area contributed by atoms with Crippen molar-refractivity contribution in [2.45, 2.75) is 45.7 Å². The van der Waals surface area contributed by atoms with Crippen LogP contribution in [0.4, 0.5) is 0 Å². The molecule has 0 spiro atoms. The van der Waals surface area contributed by atoms with Crippen molar-refractivity contribution in [1.29, 1.82) is 0 Å². The van der Waals surface area contributed by atoms with Crippen LogP contribution in [0, 0.1) is 5.92 Å². The fourth-order valence-electron chi connectivity index (χ4n) is 1.91. The molecule has 1 atom stereocenters. The zero-order chi connectivity index (χ0) is 9.84. The quantitative estimate of drug-likeness (QED) is 0.676. The second-order valence-electron chi connectivity index (χ2n) is 4.64. The van der Waals surface area contributed by atoms with Gasteiger partial charge in [-0.25, -0.2) is 0 Å². The van der Waals surface area contributed by atoms with E-state index in [1.165, 1.54) is 19.4 Å². The molecule has 0 bridgehead atoms. The molecule has 0 saturated heterocycles. The van der Waals surface area contributed by atoms with Gasteiger partial charge in [-0.05, 0) is 46.6 Å². The highest BCUT2D eigenvalue weighted by Crippen LogP contribution is 2.30. The van der Waals surface area contributed by atoms with Crippen molar-refractivity contribution in [2.24, 2.45) is 5.92 Å². The monoisotopic (exact) mass is 184 g/mol. The predicted molar refractivity (Wildman–Crippen MR) is 58.0 cm³/mol. The van der Waals surface area contributed by atoms with Gasteiger partial charge in [0.25, 0.3) is 0 Å². The van der Waals surface area contributed by atoms with E-state index in [0.29, 0.717) is 12.1 Å². The molecule has 0 aromatic carbocycles. The maximum Gasteiger partial charge on any atom is 0.0195 e. The molecular weight excluding hydrogens is 160 g/mol. The molecule has 1 aliphatic rings. The van der Waals surface area contributed by atoms with Crippen LogP contribution in [0.15, 0.2) is 0 Å². The van der Waals surface area contributed by atoms with Gasteiger partial charge in [-0.15, -0.1) is 0 Å². The topological polar surface area (TPSA) is 15.3 Å². The lowest BCUT2D eigenvalue weighted by molar-refractivity contribution is 0.155. The van der Waals surface area contributed by atoms with E-state index in [1.54, 1.807) is 0 Å². The first-order chi connectivity index (χ1) is 6.15. The van der Waals surface area contributed by atoms with Gasteiger partial charge in [0.05, 0.1) is 0 Å². The maximum absolute atomic E-state index is 3.25. The van der Waals surface area contributed by atoms with E-state index in [-0.39, 0.29) is 0 Å². The average molecular weight is 184 g/mol. The Kier molecular flexibility index (Phi) is 4.20. The van der Waals surface area contributed by atoms with Gasteiger partial charge in [0.15, 0.2) is 0 Å². The normalized spacial score (nSPS) is 19.8. The minimum atomic E-state index is 0.672. The third kappa shape index (κ3) is 3.65. The number of likely N-dealkylation sites (N-methyl/N-ethyl adjacent to an activating group) is 1. The molecule has 2 nitrogen and oxygen atoms in total. The first-order valence-electron chi connectivity index (χ1n) is 5.55. The number of nitrogens with zero attached hydrogens (tertiary/aromatic N) is 1. The van der Waals surface area contributed by atoms with Crippen molar-refractivity contribution < 1.29 is 0 Å². The molecule has 0 aliphatic heterocycles. The van der Waals surface area contributed by atoms with E-state index in [4.69, 9.17) is 0 Å². The van der Waals surface area contributed by atoms with Gasteiger partial charge < -0.3 is 5.32 Å². The van der Waals surface area contributed by atoms with Crippen LogP contribution >= 0.6 is 0 Å². The largest absolute Gasteiger partial charge is 0.318 e. The maximum atomic E-state index is 3.25. The molecule has 13 heavy (non-hydrogen) atoms. The second-order valence-corrected chi connectivity index (χ2v) is 4.64. The third-order valence-corrected chi connectivity index (χ3v) is 2.89. The van der Waals surface area contributed by atoms with E-state index in [1.807, 2.05) is 7.05 Å². The van der Waals surface area contributed by atoms with Gasteiger partial charge in [-0.3, -0.25) is 4.90 Å². The van der Waals surface area contributed by atoms with Crippen LogP contribution in [-0.2, 0) is 0 Å². The molecule has 0 heterocycles. The average Bonchev–Trinajstić information content (AvgIpc) is 2.83. The summed E-state index contributed by atoms with van der Waals surface area (Å²) in [7, 11) is 2.03. The molecule has 1 rings (SSSR count). The minimum absolute atomic E-state index is 0.672. The van der Waals surface area contributed by atoms with E-state index < -0.39 is 0 Å². The first kappa shape index (κ1) is 11.0. The standard InChI is InChI=1S/C11H24N2/c1-9(2)13(8-11-5-6-11)10(3)7-12-4/h9-12H,5-8H2,1-4H3. The van der Waals surface area contributed by atoms with Crippen LogP contribution in [0.2, 0.25) is 0 Å². The van der Waals surface area contributed by atoms with E-state index in [2.05, 4.69) is 31.0 Å². The molecule has 1 aliphatic carbocycles. The smallest absolute Gasteiger partial charge is 0.0195 e. The van der Waals surface area contributed by atoms with Crippen LogP contribution in [0.1, 0.15) is 33.6 Å². The van der Waals surface area contributed by atoms with E-state index >= 15 is 0 Å². The molecule has 1 saturated carbocycles. The lowest BCUT2D eigenvalue weighted by Gasteiger charge is -2.32. The molecule has 2 heteroatoms. The van der Waals surface area contributed by atoms with Gasteiger partial charge in [0.1, 0.15) is 0 Å². The van der Waals surface area contributed by atoms with Crippen LogP contribution in [0.3, 0.4) is 0 Å². The predicted octanol–water partition coefficient (Wildman–Crippen LogP) is 1.71. The van der Waals surface area contributed by atoms with Gasteiger partial charge in [-0.2, -0.15) is 0 Å². The SMILES string of the molecule is CNCC(C)N(CC1CC1)C(C)C. The summed E-state index contributed by atoms with van der Waals surface area (Å²) in [6.07, 6.45) is 2.91. The Labute approximate surface area is 82.7 Å². The summed E-state index contributed by atoms with van der Waals surface area (Å²) in [6.45, 7) is 9.33. The van der Waals surface area contributed by atoms with Gasteiger partial charge in [0.2, 0.25) is 0 Å². The minimum Gasteiger partial charge on any atom is -0.318 e.